The fourth-order valence-corrected chi connectivity index (χ4v) is 0.404. The van der Waals surface area contributed by atoms with Crippen LogP contribution in [0, 0.1) is 0 Å². The van der Waals surface area contributed by atoms with E-state index in [9.17, 15) is 18.0 Å². The Hall–Kier alpha value is -0.980. The van der Waals surface area contributed by atoms with Gasteiger partial charge in [0, 0.05) is 13.2 Å². The predicted molar refractivity (Wildman–Crippen MR) is 46.6 cm³/mol. The molecule has 0 spiro atoms. The van der Waals surface area contributed by atoms with Crippen molar-refractivity contribution in [2.75, 3.05) is 26.9 Å². The van der Waals surface area contributed by atoms with Gasteiger partial charge in [0.1, 0.15) is 0 Å². The number of halogens is 3. The smallest absolute Gasteiger partial charge is 0.438 e. The third-order valence-corrected chi connectivity index (χ3v) is 0.929. The normalized spacial score (nSPS) is 10.0. The summed E-state index contributed by atoms with van der Waals surface area (Å²) in [5, 5.41) is 0. The van der Waals surface area contributed by atoms with Crippen LogP contribution in [-0.2, 0) is 14.2 Å². The Bertz CT molecular complexity index is 156. The Morgan fingerprint density at radius 3 is 1.87 bits per heavy atom. The average molecular weight is 232 g/mol. The van der Waals surface area contributed by atoms with Crippen LogP contribution in [0.5, 0.6) is 0 Å². The molecular weight excluding hydrogens is 217 g/mol. The molecule has 0 aromatic heterocycles. The fraction of sp³-hybridized carbons (Fsp3) is 0.875. The van der Waals surface area contributed by atoms with Gasteiger partial charge in [-0.1, -0.05) is 0 Å². The van der Waals surface area contributed by atoms with Crippen molar-refractivity contribution in [1.29, 1.82) is 0 Å². The monoisotopic (exact) mass is 232 g/mol. The van der Waals surface area contributed by atoms with Crippen LogP contribution in [-0.4, -0.2) is 39.3 Å². The van der Waals surface area contributed by atoms with Gasteiger partial charge in [-0.2, -0.15) is 13.2 Å². The molecule has 4 nitrogen and oxygen atoms in total. The van der Waals surface area contributed by atoms with Crippen molar-refractivity contribution in [2.24, 2.45) is 0 Å². The van der Waals surface area contributed by atoms with Gasteiger partial charge in [-0.25, -0.2) is 4.79 Å². The largest absolute Gasteiger partial charge is 0.508 e. The summed E-state index contributed by atoms with van der Waals surface area (Å²) in [4.78, 5) is 9.91. The van der Waals surface area contributed by atoms with E-state index in [2.05, 4.69) is 9.47 Å². The van der Waals surface area contributed by atoms with Crippen molar-refractivity contribution in [1.82, 2.24) is 0 Å². The highest BCUT2D eigenvalue weighted by Crippen LogP contribution is 2.14. The van der Waals surface area contributed by atoms with E-state index < -0.39 is 18.9 Å². The van der Waals surface area contributed by atoms with Gasteiger partial charge < -0.3 is 14.2 Å². The summed E-state index contributed by atoms with van der Waals surface area (Å²) in [7, 11) is 0.929. The highest BCUT2D eigenvalue weighted by Gasteiger charge is 2.29. The first-order valence-electron chi connectivity index (χ1n) is 4.22. The standard InChI is InChI=1S/C4H5F3O3.C4H10O/c1-9-3(8)10-2-4(5,6)7;1-3-5-4-2/h2H2,1H3;3-4H2,1-2H3. The summed E-state index contributed by atoms with van der Waals surface area (Å²) in [5.41, 5.74) is 0. The van der Waals surface area contributed by atoms with E-state index in [1.807, 2.05) is 13.8 Å². The van der Waals surface area contributed by atoms with Crippen LogP contribution in [0.1, 0.15) is 13.8 Å². The van der Waals surface area contributed by atoms with E-state index >= 15 is 0 Å². The number of ether oxygens (including phenoxy) is 3. The molecule has 0 saturated heterocycles. The van der Waals surface area contributed by atoms with Gasteiger partial charge >= 0.3 is 12.3 Å². The number of hydrogen-bond acceptors (Lipinski definition) is 4. The molecule has 0 aromatic carbocycles. The summed E-state index contributed by atoms with van der Waals surface area (Å²) >= 11 is 0. The minimum Gasteiger partial charge on any atom is -0.438 e. The number of carbonyl (C=O) groups excluding carboxylic acids is 1. The lowest BCUT2D eigenvalue weighted by Gasteiger charge is -2.05. The molecule has 0 amide bonds. The molecule has 0 radical (unpaired) electrons. The molecule has 0 fully saturated rings. The molecule has 0 aromatic rings. The van der Waals surface area contributed by atoms with E-state index in [0.29, 0.717) is 0 Å². The average Bonchev–Trinajstić information content (AvgIpc) is 2.15. The van der Waals surface area contributed by atoms with Crippen molar-refractivity contribution in [3.8, 4) is 0 Å². The molecule has 0 rings (SSSR count). The van der Waals surface area contributed by atoms with Gasteiger partial charge in [0.15, 0.2) is 6.61 Å². The lowest BCUT2D eigenvalue weighted by atomic mass is 10.7. The lowest BCUT2D eigenvalue weighted by Crippen LogP contribution is -2.20. The first-order chi connectivity index (χ1) is 6.87. The highest BCUT2D eigenvalue weighted by molar-refractivity contribution is 5.59. The third kappa shape index (κ3) is 19.4. The minimum atomic E-state index is -4.49. The van der Waals surface area contributed by atoms with Crippen LogP contribution in [0.4, 0.5) is 18.0 Å². The maximum absolute atomic E-state index is 11.2. The van der Waals surface area contributed by atoms with Gasteiger partial charge in [0.05, 0.1) is 7.11 Å². The third-order valence-electron chi connectivity index (χ3n) is 0.929. The molecule has 0 bridgehead atoms. The number of methoxy groups -OCH3 is 1. The van der Waals surface area contributed by atoms with Crippen molar-refractivity contribution >= 4 is 6.16 Å². The quantitative estimate of drug-likeness (QED) is 0.701. The second-order valence-electron chi connectivity index (χ2n) is 2.14. The molecule has 0 atom stereocenters. The molecular formula is C8H15F3O4. The van der Waals surface area contributed by atoms with Crippen LogP contribution in [0.25, 0.3) is 0 Å². The van der Waals surface area contributed by atoms with Crippen LogP contribution in [0.15, 0.2) is 0 Å². The molecule has 7 heteroatoms. The molecule has 0 saturated carbocycles. The number of hydrogen-bond donors (Lipinski definition) is 0. The second kappa shape index (κ2) is 9.57. The van der Waals surface area contributed by atoms with E-state index in [0.717, 1.165) is 20.3 Å². The van der Waals surface area contributed by atoms with Crippen molar-refractivity contribution in [2.45, 2.75) is 20.0 Å². The lowest BCUT2D eigenvalue weighted by molar-refractivity contribution is -0.164. The number of rotatable bonds is 3. The molecule has 92 valence electrons. The van der Waals surface area contributed by atoms with Crippen LogP contribution < -0.4 is 0 Å². The zero-order valence-electron chi connectivity index (χ0n) is 8.89. The Morgan fingerprint density at radius 1 is 1.20 bits per heavy atom. The van der Waals surface area contributed by atoms with Gasteiger partial charge in [-0.15, -0.1) is 0 Å². The molecule has 0 aliphatic rings. The molecule has 15 heavy (non-hydrogen) atoms. The predicted octanol–water partition coefficient (Wildman–Crippen LogP) is 2.37. The Labute approximate surface area is 86.3 Å². The topological polar surface area (TPSA) is 44.8 Å². The van der Waals surface area contributed by atoms with Crippen LogP contribution in [0.2, 0.25) is 0 Å². The summed E-state index contributed by atoms with van der Waals surface area (Å²) in [6.45, 7) is 4.06. The minimum absolute atomic E-state index is 0.844. The number of carbonyl (C=O) groups is 1. The summed E-state index contributed by atoms with van der Waals surface area (Å²) in [6, 6.07) is 0. The number of alkyl halides is 3. The zero-order valence-corrected chi connectivity index (χ0v) is 8.89. The van der Waals surface area contributed by atoms with Gasteiger partial charge in [0.2, 0.25) is 0 Å². The Kier molecular flexibility index (Phi) is 10.5. The second-order valence-corrected chi connectivity index (χ2v) is 2.14. The Morgan fingerprint density at radius 2 is 1.67 bits per heavy atom. The maximum Gasteiger partial charge on any atom is 0.508 e. The van der Waals surface area contributed by atoms with Crippen LogP contribution in [0.3, 0.4) is 0 Å². The van der Waals surface area contributed by atoms with E-state index in [4.69, 9.17) is 4.74 Å². The van der Waals surface area contributed by atoms with Crippen molar-refractivity contribution < 1.29 is 32.2 Å². The fourth-order valence-electron chi connectivity index (χ4n) is 0.404. The van der Waals surface area contributed by atoms with Crippen molar-refractivity contribution in [3.63, 3.8) is 0 Å². The van der Waals surface area contributed by atoms with Gasteiger partial charge in [-0.3, -0.25) is 0 Å². The molecule has 0 N–H and O–H groups in total. The van der Waals surface area contributed by atoms with E-state index in [1.54, 1.807) is 0 Å². The van der Waals surface area contributed by atoms with Crippen molar-refractivity contribution in [3.05, 3.63) is 0 Å². The van der Waals surface area contributed by atoms with E-state index in [-0.39, 0.29) is 0 Å². The van der Waals surface area contributed by atoms with E-state index in [1.165, 1.54) is 0 Å². The van der Waals surface area contributed by atoms with Gasteiger partial charge in [-0.05, 0) is 13.8 Å². The van der Waals surface area contributed by atoms with Crippen LogP contribution >= 0.6 is 0 Å². The SMILES string of the molecule is CCOCC.COC(=O)OCC(F)(F)F. The molecule has 0 aliphatic heterocycles. The molecule has 0 aliphatic carbocycles. The zero-order chi connectivity index (χ0) is 12.3. The maximum atomic E-state index is 11.2. The first kappa shape index (κ1) is 16.4. The Balaban J connectivity index is 0. The molecule has 0 heterocycles. The first-order valence-corrected chi connectivity index (χ1v) is 4.22. The summed E-state index contributed by atoms with van der Waals surface area (Å²) in [5.74, 6) is 0. The summed E-state index contributed by atoms with van der Waals surface area (Å²) in [6.07, 6.45) is -5.83. The molecule has 0 unspecified atom stereocenters. The van der Waals surface area contributed by atoms with Gasteiger partial charge in [0.25, 0.3) is 0 Å². The summed E-state index contributed by atoms with van der Waals surface area (Å²) < 4.78 is 45.8. The highest BCUT2D eigenvalue weighted by atomic mass is 19.4.